The van der Waals surface area contributed by atoms with Crippen LogP contribution in [0.3, 0.4) is 0 Å². The Morgan fingerprint density at radius 3 is 2.62 bits per heavy atom. The van der Waals surface area contributed by atoms with Gasteiger partial charge in [0.15, 0.2) is 0 Å². The van der Waals surface area contributed by atoms with Gasteiger partial charge in [-0.15, -0.1) is 0 Å². The van der Waals surface area contributed by atoms with Gasteiger partial charge in [0, 0.05) is 24.7 Å². The van der Waals surface area contributed by atoms with Crippen LogP contribution in [-0.4, -0.2) is 42.3 Å². The fraction of sp³-hybridized carbons (Fsp3) is 1.00. The molecule has 2 N–H and O–H groups in total. The molecule has 0 amide bonds. The Morgan fingerprint density at radius 1 is 1.00 bits per heavy atom. The molecule has 2 aliphatic carbocycles. The van der Waals surface area contributed by atoms with E-state index in [1.54, 1.807) is 0 Å². The number of nitrogens with zero attached hydrogens (tertiary/aromatic N) is 1. The van der Waals surface area contributed by atoms with Gasteiger partial charge in [-0.05, 0) is 44.9 Å². The molecule has 1 saturated heterocycles. The maximum atomic E-state index is 5.99. The number of morpholine rings is 1. The average molecular weight is 224 g/mol. The Hall–Kier alpha value is -0.120. The number of rotatable bonds is 1. The summed E-state index contributed by atoms with van der Waals surface area (Å²) >= 11 is 0. The van der Waals surface area contributed by atoms with Crippen LogP contribution in [0.4, 0.5) is 0 Å². The monoisotopic (exact) mass is 224 g/mol. The van der Waals surface area contributed by atoms with Gasteiger partial charge in [0.1, 0.15) is 0 Å². The third kappa shape index (κ3) is 2.01. The Morgan fingerprint density at radius 2 is 1.81 bits per heavy atom. The molecular formula is C13H24N2O. The Labute approximate surface area is 98.3 Å². The highest BCUT2D eigenvalue weighted by Gasteiger charge is 2.39. The zero-order valence-corrected chi connectivity index (χ0v) is 10.1. The Bertz CT molecular complexity index is 238. The summed E-state index contributed by atoms with van der Waals surface area (Å²) in [4.78, 5) is 2.76. The van der Waals surface area contributed by atoms with Gasteiger partial charge < -0.3 is 10.5 Å². The fourth-order valence-electron chi connectivity index (χ4n) is 3.84. The molecule has 3 nitrogen and oxygen atoms in total. The number of nitrogens with two attached hydrogens (primary N) is 1. The lowest BCUT2D eigenvalue weighted by Gasteiger charge is -2.44. The Kier molecular flexibility index (Phi) is 3.18. The van der Waals surface area contributed by atoms with Gasteiger partial charge in [-0.3, -0.25) is 4.90 Å². The summed E-state index contributed by atoms with van der Waals surface area (Å²) in [6.07, 6.45) is 9.61. The van der Waals surface area contributed by atoms with Crippen LogP contribution in [0, 0.1) is 0 Å². The zero-order chi connectivity index (χ0) is 11.0. The first-order valence-corrected chi connectivity index (χ1v) is 6.97. The molecule has 3 fully saturated rings. The third-order valence-electron chi connectivity index (χ3n) is 4.74. The van der Waals surface area contributed by atoms with Crippen molar-refractivity contribution in [2.75, 3.05) is 13.2 Å². The second kappa shape index (κ2) is 4.63. The van der Waals surface area contributed by atoms with Crippen molar-refractivity contribution in [3.05, 3.63) is 0 Å². The first-order valence-electron chi connectivity index (χ1n) is 6.97. The number of hydrogen-bond acceptors (Lipinski definition) is 3. The van der Waals surface area contributed by atoms with Gasteiger partial charge in [0.05, 0.1) is 12.7 Å². The number of hydrogen-bond donors (Lipinski definition) is 1. The molecule has 0 aromatic heterocycles. The van der Waals surface area contributed by atoms with Crippen molar-refractivity contribution in [2.45, 2.75) is 69.2 Å². The van der Waals surface area contributed by atoms with Crippen molar-refractivity contribution in [3.63, 3.8) is 0 Å². The van der Waals surface area contributed by atoms with Crippen LogP contribution < -0.4 is 5.73 Å². The van der Waals surface area contributed by atoms with Crippen molar-refractivity contribution in [1.82, 2.24) is 4.90 Å². The van der Waals surface area contributed by atoms with E-state index in [0.29, 0.717) is 12.1 Å². The predicted octanol–water partition coefficient (Wildman–Crippen LogP) is 1.51. The molecule has 0 spiro atoms. The fourth-order valence-corrected chi connectivity index (χ4v) is 3.84. The second-order valence-corrected chi connectivity index (χ2v) is 5.71. The van der Waals surface area contributed by atoms with E-state index in [-0.39, 0.29) is 0 Å². The van der Waals surface area contributed by atoms with Gasteiger partial charge in [-0.25, -0.2) is 0 Å². The summed E-state index contributed by atoms with van der Waals surface area (Å²) in [5.41, 5.74) is 5.99. The summed E-state index contributed by atoms with van der Waals surface area (Å²) < 4.78 is 5.88. The molecule has 1 aliphatic heterocycles. The highest BCUT2D eigenvalue weighted by molar-refractivity contribution is 4.93. The quantitative estimate of drug-likeness (QED) is 0.734. The predicted molar refractivity (Wildman–Crippen MR) is 64.3 cm³/mol. The molecule has 2 atom stereocenters. The normalized spacial score (nSPS) is 45.6. The number of ether oxygens (including phenoxy) is 1. The highest BCUT2D eigenvalue weighted by atomic mass is 16.5. The molecule has 2 unspecified atom stereocenters. The molecule has 1 heterocycles. The van der Waals surface area contributed by atoms with Crippen LogP contribution in [0.15, 0.2) is 0 Å². The minimum Gasteiger partial charge on any atom is -0.375 e. The van der Waals surface area contributed by atoms with Gasteiger partial charge in [0.25, 0.3) is 0 Å². The van der Waals surface area contributed by atoms with Gasteiger partial charge in [-0.1, -0.05) is 0 Å². The van der Waals surface area contributed by atoms with E-state index in [2.05, 4.69) is 4.90 Å². The molecule has 16 heavy (non-hydrogen) atoms. The summed E-state index contributed by atoms with van der Waals surface area (Å²) in [5, 5.41) is 0. The summed E-state index contributed by atoms with van der Waals surface area (Å²) in [5.74, 6) is 0. The Balaban J connectivity index is 1.64. The van der Waals surface area contributed by atoms with E-state index in [4.69, 9.17) is 10.5 Å². The van der Waals surface area contributed by atoms with Gasteiger partial charge in [0.2, 0.25) is 0 Å². The molecule has 0 bridgehead atoms. The molecule has 0 radical (unpaired) electrons. The SMILES string of the molecule is NC1CCC(N2CCOC3CCCC32)CC1. The lowest BCUT2D eigenvalue weighted by atomic mass is 9.89. The van der Waals surface area contributed by atoms with Crippen molar-refractivity contribution in [1.29, 1.82) is 0 Å². The van der Waals surface area contributed by atoms with Crippen LogP contribution in [0.2, 0.25) is 0 Å². The van der Waals surface area contributed by atoms with E-state index in [0.717, 1.165) is 25.2 Å². The lowest BCUT2D eigenvalue weighted by molar-refractivity contribution is -0.0769. The van der Waals surface area contributed by atoms with Crippen LogP contribution >= 0.6 is 0 Å². The minimum atomic E-state index is 0.469. The molecule has 92 valence electrons. The average Bonchev–Trinajstić information content (AvgIpc) is 2.78. The lowest BCUT2D eigenvalue weighted by Crippen LogP contribution is -2.54. The highest BCUT2D eigenvalue weighted by Crippen LogP contribution is 2.34. The maximum Gasteiger partial charge on any atom is 0.0731 e. The van der Waals surface area contributed by atoms with E-state index in [1.165, 1.54) is 44.9 Å². The molecular weight excluding hydrogens is 200 g/mol. The zero-order valence-electron chi connectivity index (χ0n) is 10.1. The van der Waals surface area contributed by atoms with Gasteiger partial charge >= 0.3 is 0 Å². The van der Waals surface area contributed by atoms with Crippen LogP contribution in [0.5, 0.6) is 0 Å². The van der Waals surface area contributed by atoms with Gasteiger partial charge in [-0.2, -0.15) is 0 Å². The largest absolute Gasteiger partial charge is 0.375 e. The molecule has 3 aliphatic rings. The smallest absolute Gasteiger partial charge is 0.0731 e. The minimum absolute atomic E-state index is 0.469. The van der Waals surface area contributed by atoms with Crippen LogP contribution in [0.1, 0.15) is 44.9 Å². The second-order valence-electron chi connectivity index (χ2n) is 5.71. The van der Waals surface area contributed by atoms with E-state index in [9.17, 15) is 0 Å². The van der Waals surface area contributed by atoms with Crippen molar-refractivity contribution in [3.8, 4) is 0 Å². The molecule has 0 aromatic carbocycles. The molecule has 2 saturated carbocycles. The van der Waals surface area contributed by atoms with E-state index < -0.39 is 0 Å². The maximum absolute atomic E-state index is 5.99. The third-order valence-corrected chi connectivity index (χ3v) is 4.74. The summed E-state index contributed by atoms with van der Waals surface area (Å²) in [7, 11) is 0. The topological polar surface area (TPSA) is 38.5 Å². The first-order chi connectivity index (χ1) is 7.84. The molecule has 3 heteroatoms. The summed E-state index contributed by atoms with van der Waals surface area (Å²) in [6.45, 7) is 2.10. The molecule has 0 aromatic rings. The van der Waals surface area contributed by atoms with Crippen molar-refractivity contribution in [2.24, 2.45) is 5.73 Å². The van der Waals surface area contributed by atoms with E-state index >= 15 is 0 Å². The van der Waals surface area contributed by atoms with Crippen molar-refractivity contribution >= 4 is 0 Å². The summed E-state index contributed by atoms with van der Waals surface area (Å²) in [6, 6.07) is 2.00. The standard InChI is InChI=1S/C13H24N2O/c14-10-4-6-11(7-5-10)15-8-9-16-13-3-1-2-12(13)15/h10-13H,1-9,14H2. The van der Waals surface area contributed by atoms with Crippen LogP contribution in [-0.2, 0) is 4.74 Å². The van der Waals surface area contributed by atoms with E-state index in [1.807, 2.05) is 0 Å². The van der Waals surface area contributed by atoms with Crippen LogP contribution in [0.25, 0.3) is 0 Å². The number of fused-ring (bicyclic) bond motifs is 1. The van der Waals surface area contributed by atoms with Crippen molar-refractivity contribution < 1.29 is 4.74 Å². The first kappa shape index (κ1) is 11.0. The molecule has 3 rings (SSSR count).